The van der Waals surface area contributed by atoms with Gasteiger partial charge in [-0.25, -0.2) is 0 Å². The number of hydrogen-bond donors (Lipinski definition) is 1. The number of halogens is 1. The minimum Gasteiger partial charge on any atom is -0.490 e. The summed E-state index contributed by atoms with van der Waals surface area (Å²) in [5.74, 6) is 1.76. The van der Waals surface area contributed by atoms with Crippen LogP contribution in [0.4, 0.5) is 0 Å². The molecular weight excluding hydrogens is 522 g/mol. The molecule has 5 nitrogen and oxygen atoms in total. The van der Waals surface area contributed by atoms with Gasteiger partial charge in [-0.05, 0) is 78.7 Å². The average Bonchev–Trinajstić information content (AvgIpc) is 3.14. The van der Waals surface area contributed by atoms with Crippen molar-refractivity contribution in [2.75, 3.05) is 13.2 Å². The average molecular weight is 566 g/mol. The summed E-state index contributed by atoms with van der Waals surface area (Å²) in [6.45, 7) is 15.2. The van der Waals surface area contributed by atoms with Gasteiger partial charge in [-0.3, -0.25) is 4.79 Å². The highest BCUT2D eigenvalue weighted by atomic mass is 35.5. The maximum absolute atomic E-state index is 13.3. The second-order valence-electron chi connectivity index (χ2n) is 13.0. The molecule has 4 aliphatic rings. The van der Waals surface area contributed by atoms with E-state index in [1.165, 1.54) is 5.57 Å². The van der Waals surface area contributed by atoms with Gasteiger partial charge in [0.2, 0.25) is 0 Å². The van der Waals surface area contributed by atoms with Gasteiger partial charge in [0, 0.05) is 17.3 Å². The highest BCUT2D eigenvalue weighted by Gasteiger charge is 2.73. The van der Waals surface area contributed by atoms with E-state index < -0.39 is 21.8 Å². The Kier molecular flexibility index (Phi) is 7.63. The molecule has 0 unspecified atom stereocenters. The Morgan fingerprint density at radius 1 is 1.25 bits per heavy atom. The van der Waals surface area contributed by atoms with Gasteiger partial charge in [0.25, 0.3) is 0 Å². The molecule has 0 amide bonds. The lowest BCUT2D eigenvalue weighted by Crippen LogP contribution is -2.67. The van der Waals surface area contributed by atoms with Gasteiger partial charge in [0.15, 0.2) is 6.61 Å². The third kappa shape index (κ3) is 4.14. The van der Waals surface area contributed by atoms with Crippen LogP contribution in [0.3, 0.4) is 0 Å². The molecule has 1 N–H and O–H groups in total. The molecule has 216 valence electrons. The quantitative estimate of drug-likeness (QED) is 0.203. The molecule has 1 aromatic carbocycles. The highest BCUT2D eigenvalue weighted by Crippen LogP contribution is 2.73. The van der Waals surface area contributed by atoms with E-state index in [-0.39, 0.29) is 17.3 Å². The molecule has 3 fully saturated rings. The number of carbonyl (C=O) groups is 1. The fraction of sp³-hybridized carbons (Fsp3) is 0.588. The van der Waals surface area contributed by atoms with Crippen LogP contribution in [0.5, 0.6) is 5.75 Å². The zero-order chi connectivity index (χ0) is 28.9. The second-order valence-corrected chi connectivity index (χ2v) is 13.6. The van der Waals surface area contributed by atoms with Crippen LogP contribution < -0.4 is 4.74 Å². The summed E-state index contributed by atoms with van der Waals surface area (Å²) in [5.41, 5.74) is 1.71. The lowest BCUT2D eigenvalue weighted by atomic mass is 9.44. The first-order chi connectivity index (χ1) is 19.0. The van der Waals surface area contributed by atoms with Gasteiger partial charge in [-0.15, -0.1) is 11.6 Å². The highest BCUT2D eigenvalue weighted by molar-refractivity contribution is 6.26. The molecule has 0 aromatic heterocycles. The zero-order valence-corrected chi connectivity index (χ0v) is 25.3. The van der Waals surface area contributed by atoms with E-state index in [1.807, 2.05) is 37.3 Å². The normalized spacial score (nSPS) is 41.0. The van der Waals surface area contributed by atoms with Crippen molar-refractivity contribution < 1.29 is 19.5 Å². The molecule has 0 bridgehead atoms. The molecule has 0 heterocycles. The standard InChI is InChI=1S/C34H44ClNO4/c1-7-23-10-9-11-26(19-23)39-16-17-40-36-25-14-15-31(4)24(20-25)12-13-27-28-18-22(3)33(6,29(37)8-2)32(28,5)21-30(38)34(27,31)35/h7,9-11,14-15,19-20,22,27-28,30,38H,1,8,12-13,16-18,21H2,2-6H3/b36-25+/t22-,27-,28-,30-,31-,32-,33+,34-/m0/s1. The van der Waals surface area contributed by atoms with Crippen LogP contribution in [-0.2, 0) is 9.63 Å². The number of ketones is 1. The molecule has 0 aliphatic heterocycles. The van der Waals surface area contributed by atoms with E-state index in [0.717, 1.165) is 36.3 Å². The summed E-state index contributed by atoms with van der Waals surface area (Å²) >= 11 is 7.68. The summed E-state index contributed by atoms with van der Waals surface area (Å²) in [5, 5.41) is 16.2. The molecule has 6 heteroatoms. The molecular formula is C34H44ClNO4. The fourth-order valence-electron chi connectivity index (χ4n) is 8.85. The summed E-state index contributed by atoms with van der Waals surface area (Å²) in [4.78, 5) is 18.1. The third-order valence-electron chi connectivity index (χ3n) is 11.4. The van der Waals surface area contributed by atoms with Gasteiger partial charge in [-0.1, -0.05) is 76.2 Å². The first-order valence-electron chi connectivity index (χ1n) is 14.8. The van der Waals surface area contributed by atoms with Gasteiger partial charge >= 0.3 is 0 Å². The molecule has 0 saturated heterocycles. The van der Waals surface area contributed by atoms with Crippen LogP contribution in [0.25, 0.3) is 6.08 Å². The van der Waals surface area contributed by atoms with Crippen LogP contribution >= 0.6 is 11.6 Å². The van der Waals surface area contributed by atoms with Crippen molar-refractivity contribution in [2.24, 2.45) is 39.2 Å². The Balaban J connectivity index is 1.31. The number of fused-ring (bicyclic) bond motifs is 5. The minimum atomic E-state index is -0.835. The van der Waals surface area contributed by atoms with Crippen LogP contribution in [0.15, 0.2) is 59.8 Å². The summed E-state index contributed by atoms with van der Waals surface area (Å²) in [6, 6.07) is 7.75. The SMILES string of the molecule is C=Cc1cccc(OCCO/N=C2\C=C[C@@]3(C)C(=C2)CC[C@H]2[C@@H]4C[C@H](C)[C@](C)(C(=O)CC)[C@@]4(C)C[C@H](O)[C@@]23Cl)c1. The van der Waals surface area contributed by atoms with Crippen molar-refractivity contribution in [3.05, 3.63) is 60.2 Å². The molecule has 40 heavy (non-hydrogen) atoms. The Labute approximate surface area is 244 Å². The first kappa shape index (κ1) is 29.1. The van der Waals surface area contributed by atoms with Crippen molar-refractivity contribution in [1.29, 1.82) is 0 Å². The summed E-state index contributed by atoms with van der Waals surface area (Å²) < 4.78 is 5.77. The van der Waals surface area contributed by atoms with Crippen molar-refractivity contribution >= 4 is 29.2 Å². The number of allylic oxidation sites excluding steroid dienone is 4. The lowest BCUT2D eigenvalue weighted by molar-refractivity contribution is -0.151. The van der Waals surface area contributed by atoms with Crippen LogP contribution in [0.2, 0.25) is 0 Å². The smallest absolute Gasteiger partial charge is 0.151 e. The lowest BCUT2D eigenvalue weighted by Gasteiger charge is -2.64. The van der Waals surface area contributed by atoms with Crippen molar-refractivity contribution in [3.8, 4) is 5.75 Å². The van der Waals surface area contributed by atoms with E-state index in [0.29, 0.717) is 37.8 Å². The van der Waals surface area contributed by atoms with Crippen LogP contribution in [0.1, 0.15) is 72.3 Å². The Bertz CT molecular complexity index is 1270. The van der Waals surface area contributed by atoms with Crippen molar-refractivity contribution in [3.63, 3.8) is 0 Å². The summed E-state index contributed by atoms with van der Waals surface area (Å²) in [7, 11) is 0. The number of nitrogens with zero attached hydrogens (tertiary/aromatic N) is 1. The Morgan fingerprint density at radius 2 is 2.02 bits per heavy atom. The van der Waals surface area contributed by atoms with Crippen LogP contribution in [-0.4, -0.2) is 40.8 Å². The number of Topliss-reactive ketones (excluding diaryl/α,β-unsaturated/α-hetero) is 1. The number of hydrogen-bond acceptors (Lipinski definition) is 5. The number of rotatable bonds is 8. The molecule has 4 aliphatic carbocycles. The Morgan fingerprint density at radius 3 is 2.75 bits per heavy atom. The van der Waals surface area contributed by atoms with E-state index in [4.69, 9.17) is 21.2 Å². The second kappa shape index (κ2) is 10.5. The predicted molar refractivity (Wildman–Crippen MR) is 161 cm³/mol. The molecule has 0 radical (unpaired) electrons. The number of aliphatic hydroxyl groups excluding tert-OH is 1. The number of aliphatic hydroxyl groups is 1. The first-order valence-corrected chi connectivity index (χ1v) is 15.2. The number of ether oxygens (including phenoxy) is 1. The van der Waals surface area contributed by atoms with Crippen LogP contribution in [0, 0.1) is 34.0 Å². The van der Waals surface area contributed by atoms with Gasteiger partial charge < -0.3 is 14.7 Å². The largest absolute Gasteiger partial charge is 0.490 e. The monoisotopic (exact) mass is 565 g/mol. The fourth-order valence-corrected chi connectivity index (χ4v) is 9.37. The number of alkyl halides is 1. The molecule has 5 rings (SSSR count). The van der Waals surface area contributed by atoms with Gasteiger partial charge in [0.1, 0.15) is 23.9 Å². The van der Waals surface area contributed by atoms with E-state index >= 15 is 0 Å². The number of carbonyl (C=O) groups excluding carboxylic acids is 1. The van der Waals surface area contributed by atoms with E-state index in [1.54, 1.807) is 6.08 Å². The number of benzene rings is 1. The number of oxime groups is 1. The maximum atomic E-state index is 13.3. The Hall–Kier alpha value is -2.37. The zero-order valence-electron chi connectivity index (χ0n) is 24.6. The van der Waals surface area contributed by atoms with E-state index in [9.17, 15) is 9.90 Å². The predicted octanol–water partition coefficient (Wildman–Crippen LogP) is 7.38. The molecule has 8 atom stereocenters. The van der Waals surface area contributed by atoms with Gasteiger partial charge in [-0.2, -0.15) is 0 Å². The molecule has 0 spiro atoms. The van der Waals surface area contributed by atoms with E-state index in [2.05, 4.69) is 51.6 Å². The van der Waals surface area contributed by atoms with Gasteiger partial charge in [0.05, 0.1) is 11.0 Å². The third-order valence-corrected chi connectivity index (χ3v) is 12.4. The molecule has 1 aromatic rings. The van der Waals surface area contributed by atoms with Crippen molar-refractivity contribution in [2.45, 2.75) is 77.7 Å². The maximum Gasteiger partial charge on any atom is 0.151 e. The molecule has 3 saturated carbocycles. The minimum absolute atomic E-state index is 0.120. The topological polar surface area (TPSA) is 68.1 Å². The van der Waals surface area contributed by atoms with Crippen molar-refractivity contribution in [1.82, 2.24) is 0 Å². The summed E-state index contributed by atoms with van der Waals surface area (Å²) in [6.07, 6.45) is 11.1.